The van der Waals surface area contributed by atoms with Gasteiger partial charge in [0.15, 0.2) is 5.96 Å². The number of carboxylic acids is 2. The van der Waals surface area contributed by atoms with Gasteiger partial charge in [-0.05, 0) is 32.2 Å². The molecule has 39 heavy (non-hydrogen) atoms. The van der Waals surface area contributed by atoms with E-state index in [4.69, 9.17) is 37.9 Å². The minimum atomic E-state index is -1.73. The van der Waals surface area contributed by atoms with E-state index < -0.39 is 79.3 Å². The van der Waals surface area contributed by atoms with E-state index in [1.54, 1.807) is 0 Å². The predicted molar refractivity (Wildman–Crippen MR) is 136 cm³/mol. The fraction of sp³-hybridized carbons (Fsp3) is 0.667. The minimum Gasteiger partial charge on any atom is -0.481 e. The average molecular weight is 562 g/mol. The van der Waals surface area contributed by atoms with Gasteiger partial charge in [0.25, 0.3) is 0 Å². The van der Waals surface area contributed by atoms with Crippen molar-refractivity contribution in [3.63, 3.8) is 0 Å². The zero-order valence-corrected chi connectivity index (χ0v) is 21.4. The van der Waals surface area contributed by atoms with Crippen LogP contribution in [0.15, 0.2) is 0 Å². The first-order chi connectivity index (χ1) is 18.3. The van der Waals surface area contributed by atoms with Gasteiger partial charge in [0, 0.05) is 6.54 Å². The van der Waals surface area contributed by atoms with Crippen molar-refractivity contribution in [3.8, 4) is 0 Å². The van der Waals surface area contributed by atoms with Gasteiger partial charge in [-0.2, -0.15) is 0 Å². The van der Waals surface area contributed by atoms with Crippen molar-refractivity contribution in [1.29, 1.82) is 5.41 Å². The summed E-state index contributed by atoms with van der Waals surface area (Å²) in [7, 11) is 0. The van der Waals surface area contributed by atoms with Gasteiger partial charge in [-0.15, -0.1) is 0 Å². The average Bonchev–Trinajstić information content (AvgIpc) is 2.86. The van der Waals surface area contributed by atoms with Crippen LogP contribution in [0, 0.1) is 5.41 Å². The van der Waals surface area contributed by atoms with Crippen LogP contribution in [0.4, 0.5) is 0 Å². The lowest BCUT2D eigenvalue weighted by Gasteiger charge is -2.22. The smallest absolute Gasteiger partial charge is 0.328 e. The first kappa shape index (κ1) is 35.0. The van der Waals surface area contributed by atoms with Gasteiger partial charge < -0.3 is 59.1 Å². The van der Waals surface area contributed by atoms with Crippen molar-refractivity contribution in [2.45, 2.75) is 62.7 Å². The Balaban J connectivity index is 5.21. The minimum absolute atomic E-state index is 0.0801. The molecule has 0 saturated carbocycles. The van der Waals surface area contributed by atoms with E-state index in [-0.39, 0.29) is 18.9 Å². The Kier molecular flexibility index (Phi) is 17.1. The van der Waals surface area contributed by atoms with Crippen molar-refractivity contribution >= 4 is 41.5 Å². The van der Waals surface area contributed by atoms with Crippen LogP contribution in [0.5, 0.6) is 0 Å². The summed E-state index contributed by atoms with van der Waals surface area (Å²) in [5.41, 5.74) is 16.5. The second-order valence-corrected chi connectivity index (χ2v) is 8.45. The van der Waals surface area contributed by atoms with E-state index in [2.05, 4.69) is 21.3 Å². The van der Waals surface area contributed by atoms with Crippen molar-refractivity contribution in [2.24, 2.45) is 17.2 Å². The third-order valence-corrected chi connectivity index (χ3v) is 5.17. The fourth-order valence-electron chi connectivity index (χ4n) is 3.09. The summed E-state index contributed by atoms with van der Waals surface area (Å²) >= 11 is 0. The number of nitrogens with two attached hydrogens (primary N) is 3. The second-order valence-electron chi connectivity index (χ2n) is 8.45. The second kappa shape index (κ2) is 19.1. The van der Waals surface area contributed by atoms with Crippen molar-refractivity contribution in [3.05, 3.63) is 0 Å². The number of carbonyl (C=O) groups is 6. The lowest BCUT2D eigenvalue weighted by molar-refractivity contribution is -0.144. The summed E-state index contributed by atoms with van der Waals surface area (Å²) in [4.78, 5) is 71.9. The van der Waals surface area contributed by atoms with Gasteiger partial charge in [0.2, 0.25) is 23.6 Å². The molecule has 0 fully saturated rings. The first-order valence-electron chi connectivity index (χ1n) is 12.1. The highest BCUT2D eigenvalue weighted by Gasteiger charge is 2.29. The maximum absolute atomic E-state index is 12.7. The van der Waals surface area contributed by atoms with Gasteiger partial charge in [0.05, 0.1) is 25.6 Å². The van der Waals surface area contributed by atoms with Gasteiger partial charge in [0.1, 0.15) is 18.1 Å². The van der Waals surface area contributed by atoms with Crippen LogP contribution < -0.4 is 43.8 Å². The molecule has 4 amide bonds. The first-order valence-corrected chi connectivity index (χ1v) is 12.1. The third kappa shape index (κ3) is 15.7. The number of aliphatic hydroxyl groups is 1. The van der Waals surface area contributed by atoms with Crippen LogP contribution in [-0.2, 0) is 28.8 Å². The molecule has 0 heterocycles. The summed E-state index contributed by atoms with van der Waals surface area (Å²) in [6.07, 6.45) is 1.06. The van der Waals surface area contributed by atoms with E-state index in [0.717, 1.165) is 0 Å². The molecule has 0 aliphatic rings. The van der Waals surface area contributed by atoms with Gasteiger partial charge in [-0.3, -0.25) is 29.4 Å². The maximum atomic E-state index is 12.7. The summed E-state index contributed by atoms with van der Waals surface area (Å²) < 4.78 is 0. The number of carboxylic acid groups (broad SMARTS) is 2. The Bertz CT molecular complexity index is 872. The van der Waals surface area contributed by atoms with Crippen LogP contribution in [0.3, 0.4) is 0 Å². The monoisotopic (exact) mass is 561 g/mol. The lowest BCUT2D eigenvalue weighted by atomic mass is 10.1. The number of amides is 4. The summed E-state index contributed by atoms with van der Waals surface area (Å²) in [6, 6.07) is -5.47. The summed E-state index contributed by atoms with van der Waals surface area (Å²) in [6.45, 7) is -1.04. The van der Waals surface area contributed by atoms with Crippen molar-refractivity contribution in [2.75, 3.05) is 26.2 Å². The highest BCUT2D eigenvalue weighted by atomic mass is 16.4. The van der Waals surface area contributed by atoms with Crippen LogP contribution in [0.25, 0.3) is 0 Å². The largest absolute Gasteiger partial charge is 0.481 e. The Morgan fingerprint density at radius 2 is 1.44 bits per heavy atom. The van der Waals surface area contributed by atoms with E-state index in [0.29, 0.717) is 32.2 Å². The van der Waals surface area contributed by atoms with Crippen molar-refractivity contribution < 1.29 is 44.1 Å². The molecule has 18 nitrogen and oxygen atoms in total. The summed E-state index contributed by atoms with van der Waals surface area (Å²) in [5, 5.41) is 45.5. The number of aliphatic hydroxyl groups excluding tert-OH is 1. The molecule has 0 aliphatic carbocycles. The fourth-order valence-corrected chi connectivity index (χ4v) is 3.09. The highest BCUT2D eigenvalue weighted by Crippen LogP contribution is 2.02. The molecule has 0 radical (unpaired) electrons. The normalized spacial score (nSPS) is 13.6. The Morgan fingerprint density at radius 1 is 0.795 bits per heavy atom. The van der Waals surface area contributed by atoms with Gasteiger partial charge in [-0.1, -0.05) is 6.42 Å². The number of nitrogens with one attached hydrogen (secondary N) is 6. The Labute approximate surface area is 224 Å². The number of hydrogen-bond donors (Lipinski definition) is 12. The molecule has 222 valence electrons. The van der Waals surface area contributed by atoms with Crippen molar-refractivity contribution in [1.82, 2.24) is 26.6 Å². The maximum Gasteiger partial charge on any atom is 0.328 e. The zero-order chi connectivity index (χ0) is 30.0. The number of guanidine groups is 1. The lowest BCUT2D eigenvalue weighted by Crippen LogP contribution is -2.56. The molecular weight excluding hydrogens is 522 g/mol. The molecule has 4 atom stereocenters. The molecule has 15 N–H and O–H groups in total. The van der Waals surface area contributed by atoms with E-state index >= 15 is 0 Å². The topological polar surface area (TPSA) is 325 Å². The number of unbranched alkanes of at least 4 members (excludes halogenated alkanes) is 1. The number of aliphatic carboxylic acids is 2. The van der Waals surface area contributed by atoms with Gasteiger partial charge >= 0.3 is 11.9 Å². The molecule has 0 aromatic heterocycles. The molecule has 18 heteroatoms. The van der Waals surface area contributed by atoms with E-state index in [9.17, 15) is 28.8 Å². The molecule has 0 aromatic carbocycles. The number of hydrogen-bond acceptors (Lipinski definition) is 10. The molecule has 0 rings (SSSR count). The van der Waals surface area contributed by atoms with Crippen LogP contribution in [0.2, 0.25) is 0 Å². The Morgan fingerprint density at radius 3 is 1.97 bits per heavy atom. The molecular formula is C21H39N9O9. The van der Waals surface area contributed by atoms with Crippen LogP contribution >= 0.6 is 0 Å². The summed E-state index contributed by atoms with van der Waals surface area (Å²) in [5.74, 6) is -6.89. The molecule has 0 aliphatic heterocycles. The molecule has 0 unspecified atom stereocenters. The van der Waals surface area contributed by atoms with Gasteiger partial charge in [-0.25, -0.2) is 4.79 Å². The molecule has 0 aromatic rings. The highest BCUT2D eigenvalue weighted by molar-refractivity contribution is 5.95. The third-order valence-electron chi connectivity index (χ3n) is 5.17. The SMILES string of the molecule is N=C(N)NCCC[C@H](NC(=O)[C@@H](N)CCCCN)C(=O)NCC(=O)N[C@@H](CC(=O)O)C(=O)N[C@@H](CO)C(=O)O. The van der Waals surface area contributed by atoms with E-state index in [1.165, 1.54) is 0 Å². The molecule has 0 spiro atoms. The molecule has 0 bridgehead atoms. The standard InChI is InChI=1S/C21H39N9O9/c22-6-2-1-4-11(23)17(35)29-12(5-3-7-26-21(24)25)18(36)27-9-15(32)28-13(8-16(33)34)19(37)30-14(10-31)20(38)39/h11-14,31H,1-10,22-23H2,(H,27,36)(H,28,32)(H,29,35)(H,30,37)(H,33,34)(H,38,39)(H4,24,25,26)/t11-,12-,13-,14-/m0/s1. The number of rotatable bonds is 20. The molecule has 0 saturated heterocycles. The Hall–Kier alpha value is -4.03. The van der Waals surface area contributed by atoms with E-state index in [1.807, 2.05) is 5.32 Å². The quantitative estimate of drug-likeness (QED) is 0.0376. The van der Waals surface area contributed by atoms with Crippen LogP contribution in [-0.4, -0.2) is 107 Å². The predicted octanol–water partition coefficient (Wildman–Crippen LogP) is -5.17. The zero-order valence-electron chi connectivity index (χ0n) is 21.4. The number of carbonyl (C=O) groups excluding carboxylic acids is 4. The van der Waals surface area contributed by atoms with Crippen LogP contribution in [0.1, 0.15) is 38.5 Å².